The lowest BCUT2D eigenvalue weighted by Crippen LogP contribution is -2.70. The zero-order chi connectivity index (χ0) is 20.0. The molecule has 3 atom stereocenters. The number of hydrogen-bond acceptors (Lipinski definition) is 3. The molecule has 1 aliphatic heterocycles. The highest BCUT2D eigenvalue weighted by Crippen LogP contribution is 2.42. The maximum Gasteiger partial charge on any atom is 0.0685 e. The summed E-state index contributed by atoms with van der Waals surface area (Å²) in [4.78, 5) is 2.72. The second-order valence-electron chi connectivity index (χ2n) is 10.3. The third-order valence-electron chi connectivity index (χ3n) is 7.16. The normalized spacial score (nSPS) is 23.3. The Morgan fingerprint density at radius 2 is 1.69 bits per heavy atom. The molecular formula is C23H49N3. The second kappa shape index (κ2) is 9.89. The molecule has 3 N–H and O–H groups in total. The Bertz CT molecular complexity index is 396. The lowest BCUT2D eigenvalue weighted by Gasteiger charge is -2.58. The molecule has 0 aromatic carbocycles. The van der Waals surface area contributed by atoms with E-state index in [-0.39, 0.29) is 5.66 Å². The van der Waals surface area contributed by atoms with Gasteiger partial charge in [-0.2, -0.15) is 0 Å². The first kappa shape index (κ1) is 23.9. The maximum atomic E-state index is 6.03. The summed E-state index contributed by atoms with van der Waals surface area (Å²) in [5.74, 6) is 0.689. The molecule has 3 heteroatoms. The van der Waals surface area contributed by atoms with Crippen LogP contribution < -0.4 is 11.1 Å². The van der Waals surface area contributed by atoms with Gasteiger partial charge in [-0.15, -0.1) is 0 Å². The molecule has 1 fully saturated rings. The van der Waals surface area contributed by atoms with Crippen LogP contribution in [0.3, 0.4) is 0 Å². The maximum absolute atomic E-state index is 6.03. The van der Waals surface area contributed by atoms with E-state index in [4.69, 9.17) is 5.73 Å². The molecule has 1 aliphatic rings. The van der Waals surface area contributed by atoms with Crippen LogP contribution in [0.4, 0.5) is 0 Å². The molecule has 0 saturated carbocycles. The summed E-state index contributed by atoms with van der Waals surface area (Å²) in [5.41, 5.74) is 6.95. The molecule has 26 heavy (non-hydrogen) atoms. The highest BCUT2D eigenvalue weighted by molar-refractivity contribution is 5.00. The molecule has 3 nitrogen and oxygen atoms in total. The zero-order valence-corrected chi connectivity index (χ0v) is 19.3. The van der Waals surface area contributed by atoms with Gasteiger partial charge < -0.3 is 5.73 Å². The first-order valence-corrected chi connectivity index (χ1v) is 11.3. The van der Waals surface area contributed by atoms with Crippen LogP contribution in [0.5, 0.6) is 0 Å². The number of nitrogens with one attached hydrogen (secondary N) is 1. The lowest BCUT2D eigenvalue weighted by atomic mass is 9.71. The van der Waals surface area contributed by atoms with Crippen LogP contribution in [-0.4, -0.2) is 36.2 Å². The minimum absolute atomic E-state index is 0.139. The number of likely N-dealkylation sites (tertiary alicyclic amines) is 1. The van der Waals surface area contributed by atoms with E-state index < -0.39 is 0 Å². The molecule has 156 valence electrons. The Kier molecular flexibility index (Phi) is 9.10. The minimum atomic E-state index is 0.139. The van der Waals surface area contributed by atoms with E-state index in [1.165, 1.54) is 58.0 Å². The van der Waals surface area contributed by atoms with E-state index in [9.17, 15) is 0 Å². The number of nitrogens with zero attached hydrogens (tertiary/aromatic N) is 1. The summed E-state index contributed by atoms with van der Waals surface area (Å²) in [5, 5.41) is 4.07. The van der Waals surface area contributed by atoms with Crippen molar-refractivity contribution in [1.82, 2.24) is 10.2 Å². The Morgan fingerprint density at radius 1 is 1.08 bits per heavy atom. The van der Waals surface area contributed by atoms with Crippen molar-refractivity contribution in [2.24, 2.45) is 22.5 Å². The van der Waals surface area contributed by atoms with E-state index in [0.717, 1.165) is 6.54 Å². The predicted molar refractivity (Wildman–Crippen MR) is 116 cm³/mol. The summed E-state index contributed by atoms with van der Waals surface area (Å²) in [6.07, 6.45) is 8.73. The van der Waals surface area contributed by atoms with Crippen molar-refractivity contribution < 1.29 is 0 Å². The summed E-state index contributed by atoms with van der Waals surface area (Å²) < 4.78 is 0. The SMILES string of the molecule is CCCC(NC(C)(CCC)N1CC(C)(CCC(C)(CC)CN)C1)C(C)C. The number of hydrogen-bond donors (Lipinski definition) is 2. The van der Waals surface area contributed by atoms with Gasteiger partial charge in [0.05, 0.1) is 5.66 Å². The highest BCUT2D eigenvalue weighted by Gasteiger charge is 2.47. The standard InChI is InChI=1S/C23H49N3/c1-9-12-20(19(4)5)25-23(8,13-10-2)26-17-22(7,18-26)15-14-21(6,11-3)16-24/h19-20,25H,9-18,24H2,1-8H3. The monoisotopic (exact) mass is 367 g/mol. The molecule has 1 rings (SSSR count). The Balaban J connectivity index is 2.70. The number of nitrogens with two attached hydrogens (primary N) is 1. The quantitative estimate of drug-likeness (QED) is 0.458. The third-order valence-corrected chi connectivity index (χ3v) is 7.16. The van der Waals surface area contributed by atoms with Crippen LogP contribution in [0.15, 0.2) is 0 Å². The first-order chi connectivity index (χ1) is 12.1. The van der Waals surface area contributed by atoms with Crippen LogP contribution in [0.2, 0.25) is 0 Å². The fourth-order valence-electron chi connectivity index (χ4n) is 4.50. The average molecular weight is 368 g/mol. The van der Waals surface area contributed by atoms with Crippen molar-refractivity contribution in [3.8, 4) is 0 Å². The average Bonchev–Trinajstić information content (AvgIpc) is 2.57. The van der Waals surface area contributed by atoms with Crippen LogP contribution in [0.25, 0.3) is 0 Å². The molecule has 0 aliphatic carbocycles. The van der Waals surface area contributed by atoms with Crippen molar-refractivity contribution >= 4 is 0 Å². The molecule has 0 bridgehead atoms. The first-order valence-electron chi connectivity index (χ1n) is 11.3. The Labute approximate surface area is 164 Å². The summed E-state index contributed by atoms with van der Waals surface area (Å²) in [7, 11) is 0. The molecule has 1 heterocycles. The summed E-state index contributed by atoms with van der Waals surface area (Å²) in [6.45, 7) is 22.1. The topological polar surface area (TPSA) is 41.3 Å². The third kappa shape index (κ3) is 6.21. The van der Waals surface area contributed by atoms with Gasteiger partial charge in [0.2, 0.25) is 0 Å². The van der Waals surface area contributed by atoms with Crippen LogP contribution >= 0.6 is 0 Å². The van der Waals surface area contributed by atoms with Gasteiger partial charge in [0.25, 0.3) is 0 Å². The van der Waals surface area contributed by atoms with Crippen LogP contribution in [0, 0.1) is 16.7 Å². The van der Waals surface area contributed by atoms with Crippen molar-refractivity contribution in [2.75, 3.05) is 19.6 Å². The molecule has 1 saturated heterocycles. The Morgan fingerprint density at radius 3 is 2.12 bits per heavy atom. The highest BCUT2D eigenvalue weighted by atomic mass is 15.4. The van der Waals surface area contributed by atoms with E-state index >= 15 is 0 Å². The largest absolute Gasteiger partial charge is 0.330 e. The fourth-order valence-corrected chi connectivity index (χ4v) is 4.50. The van der Waals surface area contributed by atoms with Gasteiger partial charge in [-0.05, 0) is 62.3 Å². The van der Waals surface area contributed by atoms with Gasteiger partial charge in [-0.25, -0.2) is 0 Å². The van der Waals surface area contributed by atoms with Gasteiger partial charge in [-0.1, -0.05) is 61.3 Å². The van der Waals surface area contributed by atoms with Crippen molar-refractivity contribution in [1.29, 1.82) is 0 Å². The van der Waals surface area contributed by atoms with E-state index in [1.54, 1.807) is 0 Å². The van der Waals surface area contributed by atoms with Crippen molar-refractivity contribution in [3.63, 3.8) is 0 Å². The molecule has 0 aromatic heterocycles. The fraction of sp³-hybridized carbons (Fsp3) is 1.00. The van der Waals surface area contributed by atoms with Gasteiger partial charge in [-0.3, -0.25) is 10.2 Å². The van der Waals surface area contributed by atoms with Crippen molar-refractivity contribution in [3.05, 3.63) is 0 Å². The lowest BCUT2D eigenvalue weighted by molar-refractivity contribution is -0.0950. The van der Waals surface area contributed by atoms with E-state index in [2.05, 4.69) is 65.6 Å². The zero-order valence-electron chi connectivity index (χ0n) is 19.3. The molecule has 0 spiro atoms. The number of rotatable bonds is 13. The van der Waals surface area contributed by atoms with Gasteiger partial charge in [0.15, 0.2) is 0 Å². The molecule has 0 amide bonds. The van der Waals surface area contributed by atoms with E-state index in [1.807, 2.05) is 0 Å². The van der Waals surface area contributed by atoms with Gasteiger partial charge in [0.1, 0.15) is 0 Å². The Hall–Kier alpha value is -0.120. The van der Waals surface area contributed by atoms with Gasteiger partial charge in [0, 0.05) is 19.1 Å². The molecular weight excluding hydrogens is 318 g/mol. The van der Waals surface area contributed by atoms with Gasteiger partial charge >= 0.3 is 0 Å². The summed E-state index contributed by atoms with van der Waals surface area (Å²) >= 11 is 0. The summed E-state index contributed by atoms with van der Waals surface area (Å²) in [6, 6.07) is 0.615. The molecule has 0 aromatic rings. The molecule has 3 unspecified atom stereocenters. The molecule has 0 radical (unpaired) electrons. The predicted octanol–water partition coefficient (Wildman–Crippen LogP) is 5.39. The van der Waals surface area contributed by atoms with Crippen LogP contribution in [-0.2, 0) is 0 Å². The minimum Gasteiger partial charge on any atom is -0.330 e. The smallest absolute Gasteiger partial charge is 0.0685 e. The van der Waals surface area contributed by atoms with E-state index in [0.29, 0.717) is 22.8 Å². The van der Waals surface area contributed by atoms with Crippen LogP contribution in [0.1, 0.15) is 100 Å². The van der Waals surface area contributed by atoms with Crippen molar-refractivity contribution in [2.45, 2.75) is 112 Å². The second-order valence-corrected chi connectivity index (χ2v) is 10.3.